The Morgan fingerprint density at radius 1 is 1.10 bits per heavy atom. The number of fused-ring (bicyclic) bond motifs is 1. The van der Waals surface area contributed by atoms with Crippen LogP contribution in [0.2, 0.25) is 0 Å². The topological polar surface area (TPSA) is 98.4 Å². The Morgan fingerprint density at radius 3 is 2.63 bits per heavy atom. The van der Waals surface area contributed by atoms with Crippen LogP contribution in [0.1, 0.15) is 11.1 Å². The fourth-order valence-electron chi connectivity index (χ4n) is 3.06. The SMILES string of the molecule is CN=C(NCCc1c[nH]c2ccc(F)cc12)NCCS(=O)(=O)NCc1ccccc1. The number of aromatic amines is 1. The number of H-pyrrole nitrogens is 1. The molecule has 0 aliphatic rings. The quantitative estimate of drug-likeness (QED) is 0.308. The Bertz CT molecular complexity index is 1100. The molecule has 0 aliphatic carbocycles. The van der Waals surface area contributed by atoms with Gasteiger partial charge in [0.05, 0.1) is 5.75 Å². The van der Waals surface area contributed by atoms with E-state index in [4.69, 9.17) is 0 Å². The predicted molar refractivity (Wildman–Crippen MR) is 118 cm³/mol. The number of rotatable bonds is 9. The monoisotopic (exact) mass is 431 g/mol. The van der Waals surface area contributed by atoms with Crippen molar-refractivity contribution in [2.45, 2.75) is 13.0 Å². The number of guanidine groups is 1. The summed E-state index contributed by atoms with van der Waals surface area (Å²) in [6, 6.07) is 14.0. The van der Waals surface area contributed by atoms with Crippen molar-refractivity contribution in [1.82, 2.24) is 20.3 Å². The first-order valence-corrected chi connectivity index (χ1v) is 11.3. The van der Waals surface area contributed by atoms with Crippen LogP contribution < -0.4 is 15.4 Å². The van der Waals surface area contributed by atoms with Crippen molar-refractivity contribution in [1.29, 1.82) is 0 Å². The number of hydrogen-bond donors (Lipinski definition) is 4. The van der Waals surface area contributed by atoms with Gasteiger partial charge in [-0.05, 0) is 35.7 Å². The summed E-state index contributed by atoms with van der Waals surface area (Å²) in [6.45, 7) is 1.06. The van der Waals surface area contributed by atoms with E-state index in [-0.39, 0.29) is 24.7 Å². The van der Waals surface area contributed by atoms with Gasteiger partial charge in [0.25, 0.3) is 0 Å². The summed E-state index contributed by atoms with van der Waals surface area (Å²) in [5.41, 5.74) is 2.80. The van der Waals surface area contributed by atoms with Crippen molar-refractivity contribution in [3.05, 3.63) is 71.7 Å². The molecule has 0 saturated carbocycles. The molecule has 3 rings (SSSR count). The van der Waals surface area contributed by atoms with Crippen molar-refractivity contribution in [2.75, 3.05) is 25.9 Å². The molecule has 0 amide bonds. The number of nitrogens with zero attached hydrogens (tertiary/aromatic N) is 1. The van der Waals surface area contributed by atoms with Crippen molar-refractivity contribution in [3.8, 4) is 0 Å². The molecule has 0 radical (unpaired) electrons. The molecule has 2 aromatic carbocycles. The van der Waals surface area contributed by atoms with Crippen LogP contribution in [0.5, 0.6) is 0 Å². The standard InChI is InChI=1S/C21H26FN5O2S/c1-23-21(24-10-9-17-15-26-20-8-7-18(22)13-19(17)20)25-11-12-30(28,29)27-14-16-5-3-2-4-6-16/h2-8,13,15,26-27H,9-12,14H2,1H3,(H2,23,24,25). The average molecular weight is 432 g/mol. The number of halogens is 1. The molecule has 3 aromatic rings. The number of hydrogen-bond acceptors (Lipinski definition) is 3. The summed E-state index contributed by atoms with van der Waals surface area (Å²) < 4.78 is 40.4. The maximum atomic E-state index is 13.5. The lowest BCUT2D eigenvalue weighted by Crippen LogP contribution is -2.41. The largest absolute Gasteiger partial charge is 0.361 e. The zero-order valence-electron chi connectivity index (χ0n) is 16.8. The zero-order chi connectivity index (χ0) is 21.4. The first-order valence-electron chi connectivity index (χ1n) is 9.68. The average Bonchev–Trinajstić information content (AvgIpc) is 3.14. The maximum Gasteiger partial charge on any atom is 0.213 e. The molecule has 0 fully saturated rings. The fraction of sp³-hybridized carbons (Fsp3) is 0.286. The van der Waals surface area contributed by atoms with Crippen molar-refractivity contribution in [2.24, 2.45) is 4.99 Å². The summed E-state index contributed by atoms with van der Waals surface area (Å²) in [4.78, 5) is 7.24. The maximum absolute atomic E-state index is 13.5. The van der Waals surface area contributed by atoms with Crippen LogP contribution in [0.3, 0.4) is 0 Å². The van der Waals surface area contributed by atoms with Gasteiger partial charge in [-0.2, -0.15) is 0 Å². The minimum Gasteiger partial charge on any atom is -0.361 e. The van der Waals surface area contributed by atoms with Crippen LogP contribution in [0.15, 0.2) is 59.7 Å². The zero-order valence-corrected chi connectivity index (χ0v) is 17.6. The predicted octanol–water partition coefficient (Wildman–Crippen LogP) is 2.13. The van der Waals surface area contributed by atoms with Gasteiger partial charge in [-0.25, -0.2) is 17.5 Å². The molecule has 0 saturated heterocycles. The molecule has 1 heterocycles. The summed E-state index contributed by atoms with van der Waals surface area (Å²) in [5, 5.41) is 7.01. The first kappa shape index (κ1) is 21.8. The summed E-state index contributed by atoms with van der Waals surface area (Å²) in [5.74, 6) is 0.178. The molecule has 7 nitrogen and oxygen atoms in total. The van der Waals surface area contributed by atoms with Gasteiger partial charge < -0.3 is 15.6 Å². The third-order valence-electron chi connectivity index (χ3n) is 4.64. The first-order chi connectivity index (χ1) is 14.5. The van der Waals surface area contributed by atoms with E-state index in [1.165, 1.54) is 12.1 Å². The second-order valence-corrected chi connectivity index (χ2v) is 8.73. The van der Waals surface area contributed by atoms with Gasteiger partial charge in [0, 0.05) is 43.8 Å². The van der Waals surface area contributed by atoms with Crippen LogP contribution >= 0.6 is 0 Å². The van der Waals surface area contributed by atoms with Crippen LogP contribution in [0.25, 0.3) is 10.9 Å². The third-order valence-corrected chi connectivity index (χ3v) is 5.97. The van der Waals surface area contributed by atoms with Gasteiger partial charge in [0.2, 0.25) is 10.0 Å². The minimum absolute atomic E-state index is 0.0672. The van der Waals surface area contributed by atoms with Crippen LogP contribution in [-0.4, -0.2) is 45.3 Å². The van der Waals surface area contributed by atoms with E-state index in [2.05, 4.69) is 25.3 Å². The molecule has 0 aliphatic heterocycles. The van der Waals surface area contributed by atoms with E-state index in [1.54, 1.807) is 13.1 Å². The third kappa shape index (κ3) is 6.30. The van der Waals surface area contributed by atoms with E-state index >= 15 is 0 Å². The van der Waals surface area contributed by atoms with E-state index in [0.29, 0.717) is 18.9 Å². The minimum atomic E-state index is -3.40. The molecule has 30 heavy (non-hydrogen) atoms. The van der Waals surface area contributed by atoms with Crippen LogP contribution in [0.4, 0.5) is 4.39 Å². The highest BCUT2D eigenvalue weighted by atomic mass is 32.2. The highest BCUT2D eigenvalue weighted by Gasteiger charge is 2.10. The second kappa shape index (κ2) is 10.2. The molecule has 0 atom stereocenters. The van der Waals surface area contributed by atoms with Crippen LogP contribution in [0, 0.1) is 5.82 Å². The molecule has 0 bridgehead atoms. The van der Waals surface area contributed by atoms with Gasteiger partial charge >= 0.3 is 0 Å². The van der Waals surface area contributed by atoms with Gasteiger partial charge in [0.15, 0.2) is 5.96 Å². The number of nitrogens with one attached hydrogen (secondary N) is 4. The smallest absolute Gasteiger partial charge is 0.213 e. The Kier molecular flexibility index (Phi) is 7.42. The van der Waals surface area contributed by atoms with Crippen molar-refractivity contribution >= 4 is 26.9 Å². The highest BCUT2D eigenvalue weighted by molar-refractivity contribution is 7.89. The lowest BCUT2D eigenvalue weighted by molar-refractivity contribution is 0.580. The lowest BCUT2D eigenvalue weighted by Gasteiger charge is -2.12. The molecule has 9 heteroatoms. The number of benzene rings is 2. The van der Waals surface area contributed by atoms with Gasteiger partial charge in [-0.3, -0.25) is 4.99 Å². The molecule has 4 N–H and O–H groups in total. The van der Waals surface area contributed by atoms with Crippen molar-refractivity contribution < 1.29 is 12.8 Å². The normalized spacial score (nSPS) is 12.3. The molecule has 1 aromatic heterocycles. The Labute approximate surface area is 175 Å². The van der Waals surface area contributed by atoms with Gasteiger partial charge in [-0.15, -0.1) is 0 Å². The summed E-state index contributed by atoms with van der Waals surface area (Å²) >= 11 is 0. The molecule has 0 unspecified atom stereocenters. The number of aliphatic imine (C=N–C) groups is 1. The number of sulfonamides is 1. The molecule has 0 spiro atoms. The van der Waals surface area contributed by atoms with E-state index in [1.807, 2.05) is 36.5 Å². The van der Waals surface area contributed by atoms with Gasteiger partial charge in [0.1, 0.15) is 5.82 Å². The fourth-order valence-corrected chi connectivity index (χ4v) is 3.96. The van der Waals surface area contributed by atoms with E-state index < -0.39 is 10.0 Å². The van der Waals surface area contributed by atoms with Crippen LogP contribution in [-0.2, 0) is 23.0 Å². The summed E-state index contributed by atoms with van der Waals surface area (Å²) in [6.07, 6.45) is 2.54. The lowest BCUT2D eigenvalue weighted by atomic mass is 10.1. The molecular weight excluding hydrogens is 405 g/mol. The Morgan fingerprint density at radius 2 is 1.87 bits per heavy atom. The second-order valence-electron chi connectivity index (χ2n) is 6.81. The molecule has 160 valence electrons. The Hall–Kier alpha value is -2.91. The van der Waals surface area contributed by atoms with Gasteiger partial charge in [-0.1, -0.05) is 30.3 Å². The Balaban J connectivity index is 1.41. The van der Waals surface area contributed by atoms with E-state index in [0.717, 1.165) is 22.0 Å². The van der Waals surface area contributed by atoms with Crippen molar-refractivity contribution in [3.63, 3.8) is 0 Å². The summed E-state index contributed by atoms with van der Waals surface area (Å²) in [7, 11) is -1.78. The highest BCUT2D eigenvalue weighted by Crippen LogP contribution is 2.19. The molecular formula is C21H26FN5O2S. The number of aromatic nitrogens is 1. The van der Waals surface area contributed by atoms with E-state index in [9.17, 15) is 12.8 Å².